The van der Waals surface area contributed by atoms with Crippen LogP contribution in [0.3, 0.4) is 0 Å². The van der Waals surface area contributed by atoms with E-state index in [0.29, 0.717) is 17.5 Å². The zero-order valence-electron chi connectivity index (χ0n) is 17.0. The van der Waals surface area contributed by atoms with Crippen LogP contribution in [-0.2, 0) is 22.4 Å². The smallest absolute Gasteiger partial charge is 0.338 e. The van der Waals surface area contributed by atoms with Crippen molar-refractivity contribution >= 4 is 23.3 Å². The lowest BCUT2D eigenvalue weighted by atomic mass is 10.00. The zero-order valence-corrected chi connectivity index (χ0v) is 17.0. The van der Waals surface area contributed by atoms with Crippen LogP contribution in [0.1, 0.15) is 27.0 Å². The molecule has 0 saturated carbocycles. The quantitative estimate of drug-likeness (QED) is 0.330. The van der Waals surface area contributed by atoms with Crippen LogP contribution in [0.25, 0.3) is 0 Å². The molecule has 0 aliphatic heterocycles. The van der Waals surface area contributed by atoms with Gasteiger partial charge in [0.1, 0.15) is 5.69 Å². The molecular weight excluding hydrogens is 396 g/mol. The van der Waals surface area contributed by atoms with E-state index in [4.69, 9.17) is 4.74 Å². The third-order valence-electron chi connectivity index (χ3n) is 4.81. The highest BCUT2D eigenvalue weighted by Crippen LogP contribution is 2.27. The maximum atomic E-state index is 12.6. The van der Waals surface area contributed by atoms with Crippen molar-refractivity contribution in [3.05, 3.63) is 105 Å². The summed E-state index contributed by atoms with van der Waals surface area (Å²) in [7, 11) is 0. The average molecular weight is 418 g/mol. The van der Waals surface area contributed by atoms with Crippen LogP contribution in [0.5, 0.6) is 0 Å². The summed E-state index contributed by atoms with van der Waals surface area (Å²) in [5, 5.41) is 13.6. The van der Waals surface area contributed by atoms with E-state index in [-0.39, 0.29) is 11.4 Å². The molecule has 0 unspecified atom stereocenters. The number of nitrogens with one attached hydrogen (secondary N) is 1. The van der Waals surface area contributed by atoms with E-state index in [9.17, 15) is 19.7 Å². The summed E-state index contributed by atoms with van der Waals surface area (Å²) >= 11 is 0. The molecule has 0 atom stereocenters. The lowest BCUT2D eigenvalue weighted by molar-refractivity contribution is -0.384. The minimum atomic E-state index is -0.646. The first-order valence-corrected chi connectivity index (χ1v) is 9.78. The van der Waals surface area contributed by atoms with Crippen molar-refractivity contribution in [1.82, 2.24) is 0 Å². The SMILES string of the molecule is Cc1cccc([N+](=O)[O-])c1NC(=O)COC(=O)c1ccccc1CCc1ccccc1. The third kappa shape index (κ3) is 5.76. The number of para-hydroxylation sites is 1. The van der Waals surface area contributed by atoms with E-state index in [1.165, 1.54) is 12.1 Å². The minimum Gasteiger partial charge on any atom is -0.452 e. The predicted octanol–water partition coefficient (Wildman–Crippen LogP) is 4.48. The summed E-state index contributed by atoms with van der Waals surface area (Å²) < 4.78 is 5.17. The summed E-state index contributed by atoms with van der Waals surface area (Å²) in [6, 6.07) is 21.5. The fourth-order valence-electron chi connectivity index (χ4n) is 3.21. The fourth-order valence-corrected chi connectivity index (χ4v) is 3.21. The van der Waals surface area contributed by atoms with Gasteiger partial charge in [-0.1, -0.05) is 60.7 Å². The Kier molecular flexibility index (Phi) is 7.11. The summed E-state index contributed by atoms with van der Waals surface area (Å²) in [5.41, 5.74) is 2.80. The Morgan fingerprint density at radius 3 is 2.39 bits per heavy atom. The number of nitrogens with zero attached hydrogens (tertiary/aromatic N) is 1. The number of esters is 1. The highest BCUT2D eigenvalue weighted by atomic mass is 16.6. The van der Waals surface area contributed by atoms with Gasteiger partial charge in [0.2, 0.25) is 0 Å². The molecular formula is C24H22N2O5. The molecule has 1 amide bonds. The van der Waals surface area contributed by atoms with Gasteiger partial charge < -0.3 is 10.1 Å². The summed E-state index contributed by atoms with van der Waals surface area (Å²) in [6.45, 7) is 1.11. The van der Waals surface area contributed by atoms with Crippen molar-refractivity contribution in [2.24, 2.45) is 0 Å². The van der Waals surface area contributed by atoms with Crippen LogP contribution < -0.4 is 5.32 Å². The number of carbonyl (C=O) groups excluding carboxylic acids is 2. The molecule has 0 heterocycles. The van der Waals surface area contributed by atoms with E-state index in [0.717, 1.165) is 17.5 Å². The van der Waals surface area contributed by atoms with E-state index in [1.54, 1.807) is 25.1 Å². The van der Waals surface area contributed by atoms with Crippen molar-refractivity contribution in [2.75, 3.05) is 11.9 Å². The highest BCUT2D eigenvalue weighted by molar-refractivity contribution is 5.97. The average Bonchev–Trinajstić information content (AvgIpc) is 2.78. The Hall–Kier alpha value is -4.00. The van der Waals surface area contributed by atoms with Gasteiger partial charge >= 0.3 is 5.97 Å². The standard InChI is InChI=1S/C24H22N2O5/c1-17-8-7-13-21(26(29)30)23(17)25-22(27)16-31-24(28)20-12-6-5-11-19(20)15-14-18-9-3-2-4-10-18/h2-13H,14-16H2,1H3,(H,25,27). The number of aryl methyl sites for hydroxylation is 3. The summed E-state index contributed by atoms with van der Waals surface area (Å²) in [6.07, 6.45) is 1.42. The minimum absolute atomic E-state index is 0.0943. The lowest BCUT2D eigenvalue weighted by Gasteiger charge is -2.11. The number of benzene rings is 3. The lowest BCUT2D eigenvalue weighted by Crippen LogP contribution is -2.22. The molecule has 31 heavy (non-hydrogen) atoms. The Morgan fingerprint density at radius 1 is 0.935 bits per heavy atom. The number of hydrogen-bond donors (Lipinski definition) is 1. The number of nitro groups is 1. The highest BCUT2D eigenvalue weighted by Gasteiger charge is 2.19. The molecule has 0 spiro atoms. The first-order valence-electron chi connectivity index (χ1n) is 9.78. The van der Waals surface area contributed by atoms with Gasteiger partial charge in [-0.2, -0.15) is 0 Å². The van der Waals surface area contributed by atoms with Gasteiger partial charge in [-0.3, -0.25) is 14.9 Å². The molecule has 0 bridgehead atoms. The maximum Gasteiger partial charge on any atom is 0.338 e. The van der Waals surface area contributed by atoms with Crippen LogP contribution in [-0.4, -0.2) is 23.4 Å². The van der Waals surface area contributed by atoms with Crippen LogP contribution in [0.4, 0.5) is 11.4 Å². The molecule has 0 radical (unpaired) electrons. The van der Waals surface area contributed by atoms with Crippen molar-refractivity contribution < 1.29 is 19.2 Å². The van der Waals surface area contributed by atoms with Gasteiger partial charge in [0.05, 0.1) is 10.5 Å². The first kappa shape index (κ1) is 21.7. The van der Waals surface area contributed by atoms with Gasteiger partial charge in [0.15, 0.2) is 6.61 Å². The van der Waals surface area contributed by atoms with Gasteiger partial charge in [0.25, 0.3) is 11.6 Å². The number of ether oxygens (including phenoxy) is 1. The van der Waals surface area contributed by atoms with Gasteiger partial charge in [0, 0.05) is 6.07 Å². The Morgan fingerprint density at radius 2 is 1.65 bits per heavy atom. The Bertz CT molecular complexity index is 1100. The van der Waals surface area contributed by atoms with Crippen molar-refractivity contribution in [3.63, 3.8) is 0 Å². The van der Waals surface area contributed by atoms with Crippen LogP contribution in [0.2, 0.25) is 0 Å². The van der Waals surface area contributed by atoms with Gasteiger partial charge in [-0.15, -0.1) is 0 Å². The number of carbonyl (C=O) groups is 2. The molecule has 1 N–H and O–H groups in total. The molecule has 0 fully saturated rings. The van der Waals surface area contributed by atoms with Crippen molar-refractivity contribution in [3.8, 4) is 0 Å². The summed E-state index contributed by atoms with van der Waals surface area (Å²) in [4.78, 5) is 35.4. The summed E-state index contributed by atoms with van der Waals surface area (Å²) in [5.74, 6) is -1.26. The Labute approximate surface area is 179 Å². The van der Waals surface area contributed by atoms with Crippen molar-refractivity contribution in [2.45, 2.75) is 19.8 Å². The second-order valence-electron chi connectivity index (χ2n) is 6.99. The molecule has 3 rings (SSSR count). The first-order chi connectivity index (χ1) is 15.0. The molecule has 0 aromatic heterocycles. The molecule has 0 saturated heterocycles. The maximum absolute atomic E-state index is 12.6. The number of anilines is 1. The molecule has 158 valence electrons. The second kappa shape index (κ2) is 10.2. The second-order valence-corrected chi connectivity index (χ2v) is 6.99. The van der Waals surface area contributed by atoms with E-state index in [1.807, 2.05) is 42.5 Å². The van der Waals surface area contributed by atoms with Gasteiger partial charge in [-0.25, -0.2) is 4.79 Å². The number of hydrogen-bond acceptors (Lipinski definition) is 5. The molecule has 3 aromatic rings. The number of nitro benzene ring substituents is 1. The van der Waals surface area contributed by atoms with Crippen molar-refractivity contribution in [1.29, 1.82) is 0 Å². The Balaban J connectivity index is 1.63. The predicted molar refractivity (Wildman–Crippen MR) is 117 cm³/mol. The van der Waals surface area contributed by atoms with Gasteiger partial charge in [-0.05, 0) is 42.5 Å². The van der Waals surface area contributed by atoms with E-state index in [2.05, 4.69) is 5.32 Å². The van der Waals surface area contributed by atoms with E-state index >= 15 is 0 Å². The molecule has 7 heteroatoms. The molecule has 3 aromatic carbocycles. The third-order valence-corrected chi connectivity index (χ3v) is 4.81. The number of amides is 1. The largest absolute Gasteiger partial charge is 0.452 e. The normalized spacial score (nSPS) is 10.4. The van der Waals surface area contributed by atoms with E-state index < -0.39 is 23.4 Å². The monoisotopic (exact) mass is 418 g/mol. The topological polar surface area (TPSA) is 98.5 Å². The van der Waals surface area contributed by atoms with Crippen LogP contribution in [0.15, 0.2) is 72.8 Å². The zero-order chi connectivity index (χ0) is 22.2. The van der Waals surface area contributed by atoms with Crippen LogP contribution >= 0.6 is 0 Å². The molecule has 0 aliphatic rings. The van der Waals surface area contributed by atoms with Crippen LogP contribution in [0, 0.1) is 17.0 Å². The fraction of sp³-hybridized carbons (Fsp3) is 0.167. The number of rotatable bonds is 8. The molecule has 7 nitrogen and oxygen atoms in total. The molecule has 0 aliphatic carbocycles.